The third-order valence-corrected chi connectivity index (χ3v) is 2.41. The molecule has 0 aliphatic carbocycles. The van der Waals surface area contributed by atoms with E-state index < -0.39 is 12.5 Å². The van der Waals surface area contributed by atoms with Gasteiger partial charge in [-0.2, -0.15) is 0 Å². The fourth-order valence-corrected chi connectivity index (χ4v) is 1.50. The van der Waals surface area contributed by atoms with Crippen molar-refractivity contribution in [2.24, 2.45) is 0 Å². The topological polar surface area (TPSA) is 29.5 Å². The molecule has 1 aromatic rings. The van der Waals surface area contributed by atoms with Gasteiger partial charge in [-0.05, 0) is 12.0 Å². The van der Waals surface area contributed by atoms with Crippen molar-refractivity contribution in [3.05, 3.63) is 55.1 Å². The number of carbonyl (C=O) groups excluding carboxylic acids is 1. The summed E-state index contributed by atoms with van der Waals surface area (Å²) in [6.07, 6.45) is -4.72. The summed E-state index contributed by atoms with van der Waals surface area (Å²) in [7, 11) is 0. The maximum atomic E-state index is 12.1. The normalized spacial score (nSPS) is 10.8. The minimum absolute atomic E-state index is 0.00609. The van der Waals surface area contributed by atoms with Gasteiger partial charge in [0.15, 0.2) is 0 Å². The summed E-state index contributed by atoms with van der Waals surface area (Å²) in [5, 5.41) is 0. The van der Waals surface area contributed by atoms with E-state index >= 15 is 0 Å². The molecule has 20 heavy (non-hydrogen) atoms. The number of nitrogens with zero attached hydrogens (tertiary/aromatic N) is 1. The van der Waals surface area contributed by atoms with Crippen molar-refractivity contribution < 1.29 is 22.7 Å². The second-order valence-corrected chi connectivity index (χ2v) is 3.86. The number of amides is 1. The Labute approximate surface area is 115 Å². The van der Waals surface area contributed by atoms with Gasteiger partial charge in [-0.15, -0.1) is 19.8 Å². The number of halogens is 3. The lowest BCUT2D eigenvalue weighted by Crippen LogP contribution is -2.34. The summed E-state index contributed by atoms with van der Waals surface area (Å²) in [5.41, 5.74) is 0.678. The third-order valence-electron chi connectivity index (χ3n) is 2.41. The van der Waals surface area contributed by atoms with Gasteiger partial charge in [0.2, 0.25) is 0 Å². The van der Waals surface area contributed by atoms with E-state index in [4.69, 9.17) is 0 Å². The molecule has 0 atom stereocenters. The van der Waals surface area contributed by atoms with Crippen molar-refractivity contribution in [2.45, 2.75) is 12.8 Å². The smallest absolute Gasteiger partial charge is 0.356 e. The number of carbonyl (C=O) groups is 1. The van der Waals surface area contributed by atoms with Crippen molar-refractivity contribution in [2.75, 3.05) is 6.54 Å². The van der Waals surface area contributed by atoms with E-state index in [0.29, 0.717) is 12.0 Å². The van der Waals surface area contributed by atoms with Gasteiger partial charge >= 0.3 is 12.5 Å². The number of rotatable bonds is 5. The molecule has 0 aliphatic rings. The Bertz CT molecular complexity index is 483. The molecule has 108 valence electrons. The van der Waals surface area contributed by atoms with Crippen LogP contribution >= 0.6 is 0 Å². The molecule has 0 aromatic heterocycles. The maximum Gasteiger partial charge on any atom is 0.576 e. The second kappa shape index (κ2) is 6.79. The fourth-order valence-electron chi connectivity index (χ4n) is 1.50. The highest BCUT2D eigenvalue weighted by Gasteiger charge is 2.36. The predicted octanol–water partition coefficient (Wildman–Crippen LogP) is 4.19. The monoisotopic (exact) mass is 285 g/mol. The van der Waals surface area contributed by atoms with Crippen LogP contribution in [0.4, 0.5) is 18.0 Å². The van der Waals surface area contributed by atoms with Crippen LogP contribution in [-0.2, 0) is 4.74 Å². The Balaban J connectivity index is 2.91. The highest BCUT2D eigenvalue weighted by atomic mass is 19.4. The Morgan fingerprint density at radius 1 is 1.30 bits per heavy atom. The minimum atomic E-state index is -5.03. The average Bonchev–Trinajstić information content (AvgIpc) is 2.38. The largest absolute Gasteiger partial charge is 0.576 e. The van der Waals surface area contributed by atoms with Gasteiger partial charge in [0, 0.05) is 12.2 Å². The molecule has 0 saturated heterocycles. The highest BCUT2D eigenvalue weighted by molar-refractivity contribution is 5.81. The lowest BCUT2D eigenvalue weighted by molar-refractivity contribution is -0.293. The van der Waals surface area contributed by atoms with Crippen molar-refractivity contribution in [1.29, 1.82) is 0 Å². The zero-order valence-electron chi connectivity index (χ0n) is 10.7. The van der Waals surface area contributed by atoms with Gasteiger partial charge in [0.25, 0.3) is 0 Å². The lowest BCUT2D eigenvalue weighted by Gasteiger charge is -2.24. The van der Waals surface area contributed by atoms with E-state index in [-0.39, 0.29) is 12.2 Å². The van der Waals surface area contributed by atoms with Crippen molar-refractivity contribution in [3.63, 3.8) is 0 Å². The van der Waals surface area contributed by atoms with E-state index in [9.17, 15) is 18.0 Å². The molecule has 0 heterocycles. The van der Waals surface area contributed by atoms with Crippen LogP contribution in [0.1, 0.15) is 12.0 Å². The van der Waals surface area contributed by atoms with Gasteiger partial charge in [-0.25, -0.2) is 4.79 Å². The van der Waals surface area contributed by atoms with Crippen molar-refractivity contribution in [1.82, 2.24) is 4.90 Å². The molecule has 0 saturated carbocycles. The van der Waals surface area contributed by atoms with Crippen LogP contribution in [0.2, 0.25) is 0 Å². The molecular formula is C14H14F3NO2. The van der Waals surface area contributed by atoms with Crippen LogP contribution in [-0.4, -0.2) is 23.9 Å². The molecule has 6 heteroatoms. The molecule has 1 rings (SSSR count). The zero-order chi connectivity index (χ0) is 15.2. The van der Waals surface area contributed by atoms with Crippen molar-refractivity contribution in [3.8, 4) is 0 Å². The summed E-state index contributed by atoms with van der Waals surface area (Å²) in [6.45, 7) is 7.13. The fraction of sp³-hybridized carbons (Fsp3) is 0.214. The molecule has 0 unspecified atom stereocenters. The Morgan fingerprint density at radius 3 is 2.40 bits per heavy atom. The van der Waals surface area contributed by atoms with E-state index in [1.165, 1.54) is 6.08 Å². The van der Waals surface area contributed by atoms with Crippen LogP contribution in [0.5, 0.6) is 0 Å². The van der Waals surface area contributed by atoms with Gasteiger partial charge in [-0.3, -0.25) is 4.90 Å². The van der Waals surface area contributed by atoms with E-state index in [1.807, 2.05) is 0 Å². The summed E-state index contributed by atoms with van der Waals surface area (Å²) in [4.78, 5) is 12.4. The van der Waals surface area contributed by atoms with Gasteiger partial charge in [-0.1, -0.05) is 43.0 Å². The van der Waals surface area contributed by atoms with Gasteiger partial charge in [0.1, 0.15) is 0 Å². The molecule has 0 aliphatic heterocycles. The summed E-state index contributed by atoms with van der Waals surface area (Å²) in [5.74, 6) is 0. The molecule has 1 amide bonds. The zero-order valence-corrected chi connectivity index (χ0v) is 10.7. The maximum absolute atomic E-state index is 12.1. The first-order chi connectivity index (χ1) is 9.35. The first-order valence-corrected chi connectivity index (χ1v) is 5.77. The third kappa shape index (κ3) is 4.79. The Morgan fingerprint density at radius 2 is 1.90 bits per heavy atom. The van der Waals surface area contributed by atoms with E-state index in [0.717, 1.165) is 4.90 Å². The summed E-state index contributed by atoms with van der Waals surface area (Å²) >= 11 is 0. The van der Waals surface area contributed by atoms with Gasteiger partial charge < -0.3 is 4.74 Å². The predicted molar refractivity (Wildman–Crippen MR) is 69.5 cm³/mol. The number of hydrogen-bond donors (Lipinski definition) is 0. The molecule has 3 nitrogen and oxygen atoms in total. The summed E-state index contributed by atoms with van der Waals surface area (Å²) < 4.78 is 39.8. The molecule has 0 bridgehead atoms. The number of alkyl halides is 3. The molecule has 0 N–H and O–H groups in total. The van der Waals surface area contributed by atoms with Crippen LogP contribution in [0, 0.1) is 0 Å². The Hall–Kier alpha value is -2.24. The standard InChI is InChI=1S/C14H14F3NO2/c1-3-4-10-18(13(19)20-14(15,16)17)11(2)12-8-6-5-7-9-12/h3,5-9H,1-2,4,10H2. The first kappa shape index (κ1) is 15.8. The second-order valence-electron chi connectivity index (χ2n) is 3.86. The number of benzene rings is 1. The SMILES string of the molecule is C=CCCN(C(=C)c1ccccc1)C(=O)OC(F)(F)F. The lowest BCUT2D eigenvalue weighted by atomic mass is 10.1. The minimum Gasteiger partial charge on any atom is -0.356 e. The molecule has 0 fully saturated rings. The molecule has 0 spiro atoms. The van der Waals surface area contributed by atoms with Crippen LogP contribution in [0.3, 0.4) is 0 Å². The highest BCUT2D eigenvalue weighted by Crippen LogP contribution is 2.23. The number of hydrogen-bond acceptors (Lipinski definition) is 2. The number of ether oxygens (including phenoxy) is 1. The van der Waals surface area contributed by atoms with E-state index in [2.05, 4.69) is 17.9 Å². The quantitative estimate of drug-likeness (QED) is 0.759. The first-order valence-electron chi connectivity index (χ1n) is 5.77. The van der Waals surface area contributed by atoms with Crippen LogP contribution < -0.4 is 0 Å². The molecule has 0 radical (unpaired) electrons. The van der Waals surface area contributed by atoms with Crippen LogP contribution in [0.15, 0.2) is 49.6 Å². The average molecular weight is 285 g/mol. The van der Waals surface area contributed by atoms with E-state index in [1.54, 1.807) is 30.3 Å². The Kier molecular flexibility index (Phi) is 5.37. The molecular weight excluding hydrogens is 271 g/mol. The van der Waals surface area contributed by atoms with Crippen LogP contribution in [0.25, 0.3) is 5.70 Å². The van der Waals surface area contributed by atoms with Crippen molar-refractivity contribution >= 4 is 11.8 Å². The summed E-state index contributed by atoms with van der Waals surface area (Å²) in [6, 6.07) is 8.43. The van der Waals surface area contributed by atoms with Gasteiger partial charge in [0.05, 0.1) is 0 Å². The molecule has 1 aromatic carbocycles.